The third-order valence-corrected chi connectivity index (χ3v) is 2.87. The van der Waals surface area contributed by atoms with E-state index in [-0.39, 0.29) is 0 Å². The molecule has 0 unspecified atom stereocenters. The molecule has 0 saturated carbocycles. The van der Waals surface area contributed by atoms with Crippen molar-refractivity contribution in [2.24, 2.45) is 0 Å². The van der Waals surface area contributed by atoms with Crippen LogP contribution in [-0.2, 0) is 11.2 Å². The van der Waals surface area contributed by atoms with Crippen molar-refractivity contribution < 1.29 is 4.74 Å². The molecule has 0 aliphatic heterocycles. The highest BCUT2D eigenvalue weighted by molar-refractivity contribution is 5.63. The van der Waals surface area contributed by atoms with Crippen LogP contribution in [0.1, 0.15) is 12.0 Å². The van der Waals surface area contributed by atoms with Crippen molar-refractivity contribution in [2.45, 2.75) is 12.8 Å². The van der Waals surface area contributed by atoms with Gasteiger partial charge in [-0.2, -0.15) is 0 Å². The van der Waals surface area contributed by atoms with Crippen LogP contribution in [0.25, 0.3) is 11.1 Å². The van der Waals surface area contributed by atoms with Crippen LogP contribution < -0.4 is 0 Å². The third kappa shape index (κ3) is 3.43. The van der Waals surface area contributed by atoms with E-state index in [1.165, 1.54) is 16.7 Å². The molecular formula is C16H18O. The molecule has 2 aromatic rings. The van der Waals surface area contributed by atoms with Gasteiger partial charge < -0.3 is 4.74 Å². The summed E-state index contributed by atoms with van der Waals surface area (Å²) < 4.78 is 5.06. The largest absolute Gasteiger partial charge is 0.385 e. The number of hydrogen-bond acceptors (Lipinski definition) is 1. The second-order valence-electron chi connectivity index (χ2n) is 4.16. The van der Waals surface area contributed by atoms with E-state index >= 15 is 0 Å². The summed E-state index contributed by atoms with van der Waals surface area (Å²) in [5, 5.41) is 0. The Morgan fingerprint density at radius 2 is 1.47 bits per heavy atom. The van der Waals surface area contributed by atoms with Crippen molar-refractivity contribution in [3.63, 3.8) is 0 Å². The quantitative estimate of drug-likeness (QED) is 0.702. The number of aryl methyl sites for hydroxylation is 1. The van der Waals surface area contributed by atoms with E-state index in [2.05, 4.69) is 48.5 Å². The molecular weight excluding hydrogens is 208 g/mol. The topological polar surface area (TPSA) is 9.23 Å². The fourth-order valence-electron chi connectivity index (χ4n) is 1.92. The monoisotopic (exact) mass is 226 g/mol. The van der Waals surface area contributed by atoms with Crippen molar-refractivity contribution in [2.75, 3.05) is 13.7 Å². The zero-order valence-electron chi connectivity index (χ0n) is 10.2. The van der Waals surface area contributed by atoms with Gasteiger partial charge in [0.2, 0.25) is 0 Å². The molecule has 0 aliphatic carbocycles. The average Bonchev–Trinajstić information content (AvgIpc) is 2.41. The lowest BCUT2D eigenvalue weighted by atomic mass is 10.0. The molecule has 17 heavy (non-hydrogen) atoms. The first-order valence-corrected chi connectivity index (χ1v) is 6.03. The van der Waals surface area contributed by atoms with Gasteiger partial charge in [0.25, 0.3) is 0 Å². The minimum atomic E-state index is 0.834. The summed E-state index contributed by atoms with van der Waals surface area (Å²) in [5.41, 5.74) is 3.93. The summed E-state index contributed by atoms with van der Waals surface area (Å²) in [5.74, 6) is 0. The van der Waals surface area contributed by atoms with Crippen LogP contribution in [0.5, 0.6) is 0 Å². The standard InChI is InChI=1S/C16H18O/c1-17-13-5-6-14-9-11-16(12-10-14)15-7-3-2-4-8-15/h2-4,7-12H,5-6,13H2,1H3. The molecule has 0 spiro atoms. The van der Waals surface area contributed by atoms with Gasteiger partial charge in [-0.15, -0.1) is 0 Å². The molecule has 0 aromatic heterocycles. The van der Waals surface area contributed by atoms with Crippen molar-refractivity contribution >= 4 is 0 Å². The van der Waals surface area contributed by atoms with E-state index in [1.54, 1.807) is 7.11 Å². The fraction of sp³-hybridized carbons (Fsp3) is 0.250. The van der Waals surface area contributed by atoms with E-state index in [1.807, 2.05) is 6.07 Å². The van der Waals surface area contributed by atoms with Crippen LogP contribution in [0.2, 0.25) is 0 Å². The molecule has 2 aromatic carbocycles. The molecule has 0 saturated heterocycles. The molecule has 1 nitrogen and oxygen atoms in total. The summed E-state index contributed by atoms with van der Waals surface area (Å²) in [6.45, 7) is 0.834. The minimum Gasteiger partial charge on any atom is -0.385 e. The molecule has 0 heterocycles. The number of benzene rings is 2. The molecule has 0 bridgehead atoms. The maximum absolute atomic E-state index is 5.06. The van der Waals surface area contributed by atoms with Gasteiger partial charge in [0.1, 0.15) is 0 Å². The van der Waals surface area contributed by atoms with Crippen LogP contribution >= 0.6 is 0 Å². The van der Waals surface area contributed by atoms with Gasteiger partial charge in [-0.25, -0.2) is 0 Å². The molecule has 0 radical (unpaired) electrons. The van der Waals surface area contributed by atoms with Crippen LogP contribution in [-0.4, -0.2) is 13.7 Å². The highest BCUT2D eigenvalue weighted by Gasteiger charge is 1.97. The van der Waals surface area contributed by atoms with Crippen LogP contribution in [0.3, 0.4) is 0 Å². The van der Waals surface area contributed by atoms with Crippen molar-refractivity contribution in [1.29, 1.82) is 0 Å². The van der Waals surface area contributed by atoms with E-state index in [0.29, 0.717) is 0 Å². The predicted octanol–water partition coefficient (Wildman–Crippen LogP) is 3.93. The van der Waals surface area contributed by atoms with E-state index in [9.17, 15) is 0 Å². The first-order chi connectivity index (χ1) is 8.40. The van der Waals surface area contributed by atoms with Crippen molar-refractivity contribution in [1.82, 2.24) is 0 Å². The Morgan fingerprint density at radius 1 is 0.824 bits per heavy atom. The van der Waals surface area contributed by atoms with Crippen LogP contribution in [0.4, 0.5) is 0 Å². The number of rotatable bonds is 5. The maximum Gasteiger partial charge on any atom is 0.0465 e. The van der Waals surface area contributed by atoms with Gasteiger partial charge in [-0.05, 0) is 29.5 Å². The minimum absolute atomic E-state index is 0.834. The number of hydrogen-bond donors (Lipinski definition) is 0. The van der Waals surface area contributed by atoms with Gasteiger partial charge in [-0.3, -0.25) is 0 Å². The normalized spacial score (nSPS) is 10.4. The Labute approximate surface area is 103 Å². The molecule has 0 fully saturated rings. The smallest absolute Gasteiger partial charge is 0.0465 e. The maximum atomic E-state index is 5.06. The molecule has 0 N–H and O–H groups in total. The fourth-order valence-corrected chi connectivity index (χ4v) is 1.92. The van der Waals surface area contributed by atoms with Crippen LogP contribution in [0.15, 0.2) is 54.6 Å². The molecule has 0 amide bonds. The molecule has 0 atom stereocenters. The number of methoxy groups -OCH3 is 1. The number of ether oxygens (including phenoxy) is 1. The third-order valence-electron chi connectivity index (χ3n) is 2.87. The molecule has 2 rings (SSSR count). The van der Waals surface area contributed by atoms with Crippen molar-refractivity contribution in [3.05, 3.63) is 60.2 Å². The second-order valence-corrected chi connectivity index (χ2v) is 4.16. The lowest BCUT2D eigenvalue weighted by Crippen LogP contribution is -1.92. The Kier molecular flexibility index (Phi) is 4.34. The second kappa shape index (κ2) is 6.21. The SMILES string of the molecule is COCCCc1ccc(-c2ccccc2)cc1. The van der Waals surface area contributed by atoms with Crippen molar-refractivity contribution in [3.8, 4) is 11.1 Å². The summed E-state index contributed by atoms with van der Waals surface area (Å²) in [4.78, 5) is 0. The van der Waals surface area contributed by atoms with Gasteiger partial charge in [0, 0.05) is 13.7 Å². The highest BCUT2D eigenvalue weighted by atomic mass is 16.5. The Balaban J connectivity index is 2.03. The zero-order valence-corrected chi connectivity index (χ0v) is 10.2. The highest BCUT2D eigenvalue weighted by Crippen LogP contribution is 2.19. The summed E-state index contributed by atoms with van der Waals surface area (Å²) >= 11 is 0. The Bertz CT molecular complexity index is 431. The van der Waals surface area contributed by atoms with E-state index < -0.39 is 0 Å². The van der Waals surface area contributed by atoms with Gasteiger partial charge in [-0.1, -0.05) is 54.6 Å². The summed E-state index contributed by atoms with van der Waals surface area (Å²) in [6, 6.07) is 19.3. The summed E-state index contributed by atoms with van der Waals surface area (Å²) in [6.07, 6.45) is 2.17. The Hall–Kier alpha value is -1.60. The molecule has 0 aliphatic rings. The van der Waals surface area contributed by atoms with Gasteiger partial charge >= 0.3 is 0 Å². The zero-order chi connectivity index (χ0) is 11.9. The first kappa shape index (κ1) is 11.9. The van der Waals surface area contributed by atoms with Crippen LogP contribution in [0, 0.1) is 0 Å². The van der Waals surface area contributed by atoms with E-state index in [0.717, 1.165) is 19.4 Å². The summed E-state index contributed by atoms with van der Waals surface area (Å²) in [7, 11) is 1.75. The average molecular weight is 226 g/mol. The molecule has 88 valence electrons. The van der Waals surface area contributed by atoms with Gasteiger partial charge in [0.15, 0.2) is 0 Å². The molecule has 1 heteroatoms. The Morgan fingerprint density at radius 3 is 2.12 bits per heavy atom. The lowest BCUT2D eigenvalue weighted by molar-refractivity contribution is 0.195. The van der Waals surface area contributed by atoms with Gasteiger partial charge in [0.05, 0.1) is 0 Å². The van der Waals surface area contributed by atoms with E-state index in [4.69, 9.17) is 4.74 Å². The first-order valence-electron chi connectivity index (χ1n) is 6.03. The predicted molar refractivity (Wildman–Crippen MR) is 72.1 cm³/mol. The lowest BCUT2D eigenvalue weighted by Gasteiger charge is -2.04.